The van der Waals surface area contributed by atoms with Gasteiger partial charge in [0.2, 0.25) is 0 Å². The van der Waals surface area contributed by atoms with Crippen LogP contribution in [0.4, 0.5) is 0 Å². The lowest BCUT2D eigenvalue weighted by atomic mass is 9.99. The molecule has 0 radical (unpaired) electrons. The average Bonchev–Trinajstić information content (AvgIpc) is 2.53. The minimum Gasteiger partial charge on any atom is -0.394 e. The van der Waals surface area contributed by atoms with Crippen LogP contribution in [0, 0.1) is 0 Å². The van der Waals surface area contributed by atoms with E-state index in [0.29, 0.717) is 5.75 Å². The second-order valence-corrected chi connectivity index (χ2v) is 6.13. The fourth-order valence-corrected chi connectivity index (χ4v) is 3.48. The van der Waals surface area contributed by atoms with Gasteiger partial charge in [-0.15, -0.1) is 0 Å². The summed E-state index contributed by atoms with van der Waals surface area (Å²) in [5.74, 6) is 1.43. The maximum Gasteiger partial charge on any atom is 0.0861 e. The molecule has 2 aromatic rings. The van der Waals surface area contributed by atoms with Gasteiger partial charge in [-0.25, -0.2) is 0 Å². The first-order valence-electron chi connectivity index (χ1n) is 7.34. The van der Waals surface area contributed by atoms with E-state index in [1.807, 2.05) is 0 Å². The smallest absolute Gasteiger partial charge is 0.0861 e. The molecule has 0 fully saturated rings. The minimum atomic E-state index is -0.634. The highest BCUT2D eigenvalue weighted by atomic mass is 32.2. The lowest BCUT2D eigenvalue weighted by Crippen LogP contribution is -2.24. The van der Waals surface area contributed by atoms with Crippen LogP contribution >= 0.6 is 11.8 Å². The molecule has 0 aliphatic heterocycles. The summed E-state index contributed by atoms with van der Waals surface area (Å²) < 4.78 is 0. The van der Waals surface area contributed by atoms with Crippen molar-refractivity contribution < 1.29 is 10.2 Å². The Morgan fingerprint density at radius 3 is 2.62 bits per heavy atom. The lowest BCUT2D eigenvalue weighted by Gasteiger charge is -2.20. The largest absolute Gasteiger partial charge is 0.394 e. The van der Waals surface area contributed by atoms with Crippen molar-refractivity contribution in [3.8, 4) is 0 Å². The average molecular weight is 305 g/mol. The quantitative estimate of drug-likeness (QED) is 0.702. The molecule has 0 spiro atoms. The van der Waals surface area contributed by atoms with Crippen LogP contribution in [0.15, 0.2) is 42.5 Å². The van der Waals surface area contributed by atoms with Gasteiger partial charge in [0.25, 0.3) is 0 Å². The SMILES string of the molecule is CCNC(CSCC(O)CO)c1cccc2ccccc12. The topological polar surface area (TPSA) is 52.5 Å². The fourth-order valence-electron chi connectivity index (χ4n) is 2.43. The Labute approximate surface area is 130 Å². The Morgan fingerprint density at radius 1 is 1.10 bits per heavy atom. The first-order chi connectivity index (χ1) is 10.3. The molecule has 21 heavy (non-hydrogen) atoms. The summed E-state index contributed by atoms with van der Waals surface area (Å²) in [7, 11) is 0. The van der Waals surface area contributed by atoms with Crippen LogP contribution in [0.5, 0.6) is 0 Å². The van der Waals surface area contributed by atoms with Gasteiger partial charge < -0.3 is 15.5 Å². The molecule has 0 bridgehead atoms. The van der Waals surface area contributed by atoms with Crippen LogP contribution in [0.25, 0.3) is 10.8 Å². The molecule has 0 saturated carbocycles. The van der Waals surface area contributed by atoms with E-state index in [9.17, 15) is 5.11 Å². The molecule has 0 amide bonds. The van der Waals surface area contributed by atoms with Crippen LogP contribution in [-0.2, 0) is 0 Å². The maximum absolute atomic E-state index is 9.45. The summed E-state index contributed by atoms with van der Waals surface area (Å²) in [6.45, 7) is 2.83. The third-order valence-electron chi connectivity index (χ3n) is 3.45. The van der Waals surface area contributed by atoms with Gasteiger partial charge in [-0.3, -0.25) is 0 Å². The Balaban J connectivity index is 2.16. The van der Waals surface area contributed by atoms with Crippen molar-refractivity contribution in [1.29, 1.82) is 0 Å². The minimum absolute atomic E-state index is 0.173. The molecule has 0 saturated heterocycles. The van der Waals surface area contributed by atoms with Gasteiger partial charge in [0.1, 0.15) is 0 Å². The Hall–Kier alpha value is -1.07. The monoisotopic (exact) mass is 305 g/mol. The molecule has 0 aliphatic rings. The van der Waals surface area contributed by atoms with Crippen LogP contribution in [-0.4, -0.2) is 41.0 Å². The van der Waals surface area contributed by atoms with Crippen LogP contribution in [0.2, 0.25) is 0 Å². The molecule has 3 N–H and O–H groups in total. The Bertz CT molecular complexity index is 556. The summed E-state index contributed by atoms with van der Waals surface area (Å²) >= 11 is 1.66. The van der Waals surface area contributed by atoms with E-state index in [-0.39, 0.29) is 12.6 Å². The van der Waals surface area contributed by atoms with Gasteiger partial charge in [0.05, 0.1) is 12.7 Å². The van der Waals surface area contributed by atoms with Crippen molar-refractivity contribution in [3.05, 3.63) is 48.0 Å². The number of nitrogens with one attached hydrogen (secondary N) is 1. The molecule has 0 aromatic heterocycles. The van der Waals surface area contributed by atoms with E-state index in [0.717, 1.165) is 12.3 Å². The van der Waals surface area contributed by atoms with Crippen molar-refractivity contribution >= 4 is 22.5 Å². The summed E-state index contributed by atoms with van der Waals surface area (Å²) in [6, 6.07) is 15.0. The van der Waals surface area contributed by atoms with Gasteiger partial charge in [-0.1, -0.05) is 49.4 Å². The molecule has 0 heterocycles. The van der Waals surface area contributed by atoms with Crippen molar-refractivity contribution in [3.63, 3.8) is 0 Å². The van der Waals surface area contributed by atoms with E-state index >= 15 is 0 Å². The number of fused-ring (bicyclic) bond motifs is 1. The molecule has 3 nitrogen and oxygen atoms in total. The van der Waals surface area contributed by atoms with Crippen LogP contribution in [0.1, 0.15) is 18.5 Å². The van der Waals surface area contributed by atoms with Crippen molar-refractivity contribution in [2.75, 3.05) is 24.7 Å². The first-order valence-corrected chi connectivity index (χ1v) is 8.49. The maximum atomic E-state index is 9.45. The van der Waals surface area contributed by atoms with Crippen LogP contribution in [0.3, 0.4) is 0 Å². The molecule has 2 aromatic carbocycles. The van der Waals surface area contributed by atoms with Gasteiger partial charge in [0, 0.05) is 17.5 Å². The number of hydrogen-bond donors (Lipinski definition) is 3. The van der Waals surface area contributed by atoms with Crippen molar-refractivity contribution in [2.24, 2.45) is 0 Å². The number of aliphatic hydroxyl groups excluding tert-OH is 2. The first kappa shape index (κ1) is 16.3. The summed E-state index contributed by atoms with van der Waals surface area (Å²) in [5, 5.41) is 24.4. The number of thioether (sulfide) groups is 1. The predicted molar refractivity (Wildman–Crippen MR) is 90.8 cm³/mol. The fraction of sp³-hybridized carbons (Fsp3) is 0.412. The molecule has 2 unspecified atom stereocenters. The Morgan fingerprint density at radius 2 is 1.86 bits per heavy atom. The Kier molecular flexibility index (Phi) is 6.51. The molecule has 2 rings (SSSR count). The highest BCUT2D eigenvalue weighted by Gasteiger charge is 2.14. The predicted octanol–water partition coefficient (Wildman–Crippen LogP) is 2.58. The molecular weight excluding hydrogens is 282 g/mol. The standard InChI is InChI=1S/C17H23NO2S/c1-2-18-17(12-21-11-14(20)10-19)16-9-5-7-13-6-3-4-8-15(13)16/h3-9,14,17-20H,2,10-12H2,1H3. The van der Waals surface area contributed by atoms with E-state index < -0.39 is 6.10 Å². The highest BCUT2D eigenvalue weighted by molar-refractivity contribution is 7.99. The van der Waals surface area contributed by atoms with Gasteiger partial charge in [-0.05, 0) is 22.9 Å². The zero-order valence-corrected chi connectivity index (χ0v) is 13.1. The highest BCUT2D eigenvalue weighted by Crippen LogP contribution is 2.26. The molecule has 4 heteroatoms. The second kappa shape index (κ2) is 8.39. The molecule has 114 valence electrons. The summed E-state index contributed by atoms with van der Waals surface area (Å²) in [5.41, 5.74) is 1.29. The lowest BCUT2D eigenvalue weighted by molar-refractivity contribution is 0.113. The van der Waals surface area contributed by atoms with E-state index in [1.54, 1.807) is 11.8 Å². The van der Waals surface area contributed by atoms with Gasteiger partial charge in [0.15, 0.2) is 0 Å². The number of benzene rings is 2. The zero-order chi connectivity index (χ0) is 15.1. The normalized spacial score (nSPS) is 14.2. The van der Waals surface area contributed by atoms with Crippen molar-refractivity contribution in [2.45, 2.75) is 19.1 Å². The van der Waals surface area contributed by atoms with Crippen LogP contribution < -0.4 is 5.32 Å². The number of aliphatic hydroxyl groups is 2. The van der Waals surface area contributed by atoms with Crippen molar-refractivity contribution in [1.82, 2.24) is 5.32 Å². The molecule has 0 aliphatic carbocycles. The summed E-state index contributed by atoms with van der Waals surface area (Å²) in [6.07, 6.45) is -0.634. The number of hydrogen-bond acceptors (Lipinski definition) is 4. The van der Waals surface area contributed by atoms with Gasteiger partial charge >= 0.3 is 0 Å². The van der Waals surface area contributed by atoms with E-state index in [4.69, 9.17) is 5.11 Å². The van der Waals surface area contributed by atoms with Gasteiger partial charge in [-0.2, -0.15) is 11.8 Å². The molecule has 2 atom stereocenters. The van der Waals surface area contributed by atoms with E-state index in [1.165, 1.54) is 16.3 Å². The second-order valence-electron chi connectivity index (χ2n) is 5.05. The number of rotatable bonds is 8. The summed E-state index contributed by atoms with van der Waals surface area (Å²) in [4.78, 5) is 0. The molecular formula is C17H23NO2S. The van der Waals surface area contributed by atoms with E-state index in [2.05, 4.69) is 54.7 Å². The third-order valence-corrected chi connectivity index (χ3v) is 4.64. The third kappa shape index (κ3) is 4.45. The zero-order valence-electron chi connectivity index (χ0n) is 12.3.